The fourth-order valence-corrected chi connectivity index (χ4v) is 2.53. The molecular weight excluding hydrogens is 330 g/mol. The molecule has 0 aliphatic carbocycles. The van der Waals surface area contributed by atoms with Crippen LogP contribution in [0.5, 0.6) is 11.5 Å². The van der Waals surface area contributed by atoms with Crippen LogP contribution < -0.4 is 14.8 Å². The van der Waals surface area contributed by atoms with Crippen LogP contribution in [0.15, 0.2) is 41.7 Å². The molecule has 0 aliphatic heterocycles. The fourth-order valence-electron chi connectivity index (χ4n) is 2.53. The van der Waals surface area contributed by atoms with Gasteiger partial charge in [0.05, 0.1) is 19.9 Å². The molecule has 0 fully saturated rings. The van der Waals surface area contributed by atoms with E-state index in [0.29, 0.717) is 6.54 Å². The van der Waals surface area contributed by atoms with E-state index in [-0.39, 0.29) is 6.10 Å². The second-order valence-corrected chi connectivity index (χ2v) is 6.18. The van der Waals surface area contributed by atoms with Crippen LogP contribution in [0.1, 0.15) is 19.4 Å². The Morgan fingerprint density at radius 2 is 2.15 bits per heavy atom. The topological polar surface area (TPSA) is 63.9 Å². The van der Waals surface area contributed by atoms with Gasteiger partial charge >= 0.3 is 0 Å². The molecule has 0 bridgehead atoms. The Morgan fingerprint density at radius 3 is 2.81 bits per heavy atom. The predicted molar refractivity (Wildman–Crippen MR) is 104 cm³/mol. The molecule has 0 saturated heterocycles. The summed E-state index contributed by atoms with van der Waals surface area (Å²) >= 11 is 0. The van der Waals surface area contributed by atoms with E-state index in [1.54, 1.807) is 11.8 Å². The summed E-state index contributed by atoms with van der Waals surface area (Å²) in [6.45, 7) is 6.17. The average molecular weight is 359 g/mol. The van der Waals surface area contributed by atoms with Gasteiger partial charge in [-0.3, -0.25) is 4.68 Å². The van der Waals surface area contributed by atoms with Crippen molar-refractivity contribution in [1.82, 2.24) is 20.0 Å². The van der Waals surface area contributed by atoms with Crippen molar-refractivity contribution in [2.45, 2.75) is 26.5 Å². The first-order valence-electron chi connectivity index (χ1n) is 8.79. The zero-order chi connectivity index (χ0) is 18.9. The Hall–Kier alpha value is -2.70. The maximum absolute atomic E-state index is 5.94. The van der Waals surface area contributed by atoms with Crippen molar-refractivity contribution in [2.24, 2.45) is 12.0 Å². The Bertz CT molecular complexity index is 713. The highest BCUT2D eigenvalue weighted by molar-refractivity contribution is 5.79. The van der Waals surface area contributed by atoms with Gasteiger partial charge in [-0.25, -0.2) is 4.99 Å². The van der Waals surface area contributed by atoms with E-state index in [1.165, 1.54) is 0 Å². The fraction of sp³-hybridized carbons (Fsp3) is 0.474. The first kappa shape index (κ1) is 19.6. The van der Waals surface area contributed by atoms with Gasteiger partial charge in [-0.15, -0.1) is 0 Å². The molecule has 2 aromatic rings. The number of benzene rings is 1. The third kappa shape index (κ3) is 5.98. The minimum atomic E-state index is -0.0532. The van der Waals surface area contributed by atoms with Crippen LogP contribution in [0.3, 0.4) is 0 Å². The number of nitrogens with zero attached hydrogens (tertiary/aromatic N) is 4. The lowest BCUT2D eigenvalue weighted by atomic mass is 10.3. The van der Waals surface area contributed by atoms with Gasteiger partial charge in [-0.2, -0.15) is 5.10 Å². The molecule has 7 heteroatoms. The highest BCUT2D eigenvalue weighted by Crippen LogP contribution is 2.20. The number of aromatic nitrogens is 2. The molecule has 0 saturated carbocycles. The monoisotopic (exact) mass is 359 g/mol. The minimum absolute atomic E-state index is 0.0532. The van der Waals surface area contributed by atoms with Crippen LogP contribution in [0.25, 0.3) is 0 Å². The van der Waals surface area contributed by atoms with E-state index in [0.717, 1.165) is 36.1 Å². The molecule has 1 atom stereocenters. The zero-order valence-electron chi connectivity index (χ0n) is 16.3. The number of nitrogens with one attached hydrogen (secondary N) is 1. The molecule has 0 radical (unpaired) electrons. The smallest absolute Gasteiger partial charge is 0.194 e. The molecular formula is C19H29N5O2. The first-order valence-corrected chi connectivity index (χ1v) is 8.79. The maximum atomic E-state index is 5.94. The summed E-state index contributed by atoms with van der Waals surface area (Å²) in [6, 6.07) is 7.60. The average Bonchev–Trinajstić information content (AvgIpc) is 3.03. The van der Waals surface area contributed by atoms with Gasteiger partial charge in [0.2, 0.25) is 0 Å². The van der Waals surface area contributed by atoms with Crippen molar-refractivity contribution in [1.29, 1.82) is 0 Å². The largest absolute Gasteiger partial charge is 0.497 e. The van der Waals surface area contributed by atoms with Gasteiger partial charge in [0.15, 0.2) is 5.96 Å². The van der Waals surface area contributed by atoms with Crippen LogP contribution >= 0.6 is 0 Å². The standard InChI is InChI=1S/C19H29N5O2/c1-6-20-19(23(3)13-16-12-22-24(4)14-16)21-11-15(2)26-18-9-7-8-17(10-18)25-5/h7-10,12,14-15H,6,11,13H2,1-5H3,(H,20,21). The van der Waals surface area contributed by atoms with Gasteiger partial charge in [0, 0.05) is 45.0 Å². The molecule has 1 heterocycles. The van der Waals surface area contributed by atoms with Crippen LogP contribution in [-0.2, 0) is 13.6 Å². The summed E-state index contributed by atoms with van der Waals surface area (Å²) in [5, 5.41) is 7.53. The Balaban J connectivity index is 1.95. The van der Waals surface area contributed by atoms with Crippen molar-refractivity contribution in [2.75, 3.05) is 27.2 Å². The first-order chi connectivity index (χ1) is 12.5. The number of guanidine groups is 1. The van der Waals surface area contributed by atoms with E-state index in [4.69, 9.17) is 14.5 Å². The predicted octanol–water partition coefficient (Wildman–Crippen LogP) is 2.29. The van der Waals surface area contributed by atoms with Crippen molar-refractivity contribution in [3.05, 3.63) is 42.2 Å². The molecule has 142 valence electrons. The minimum Gasteiger partial charge on any atom is -0.497 e. The molecule has 26 heavy (non-hydrogen) atoms. The van der Waals surface area contributed by atoms with Crippen LogP contribution in [-0.4, -0.2) is 54.0 Å². The number of aliphatic imine (C=N–C) groups is 1. The van der Waals surface area contributed by atoms with Crippen LogP contribution in [0.4, 0.5) is 0 Å². The van der Waals surface area contributed by atoms with Crippen LogP contribution in [0.2, 0.25) is 0 Å². The van der Waals surface area contributed by atoms with Gasteiger partial charge in [0.25, 0.3) is 0 Å². The highest BCUT2D eigenvalue weighted by atomic mass is 16.5. The van der Waals surface area contributed by atoms with E-state index in [1.807, 2.05) is 57.7 Å². The van der Waals surface area contributed by atoms with E-state index in [9.17, 15) is 0 Å². The second kappa shape index (κ2) is 9.70. The molecule has 1 unspecified atom stereocenters. The molecule has 1 aromatic heterocycles. The Kier molecular flexibility index (Phi) is 7.32. The number of methoxy groups -OCH3 is 1. The van der Waals surface area contributed by atoms with E-state index >= 15 is 0 Å². The summed E-state index contributed by atoms with van der Waals surface area (Å²) in [4.78, 5) is 6.79. The maximum Gasteiger partial charge on any atom is 0.194 e. The molecule has 0 spiro atoms. The van der Waals surface area contributed by atoms with Crippen molar-refractivity contribution < 1.29 is 9.47 Å². The SMILES string of the molecule is CCNC(=NCC(C)Oc1cccc(OC)c1)N(C)Cc1cnn(C)c1. The molecule has 0 amide bonds. The quantitative estimate of drug-likeness (QED) is 0.579. The van der Waals surface area contributed by atoms with E-state index < -0.39 is 0 Å². The van der Waals surface area contributed by atoms with Gasteiger partial charge in [0.1, 0.15) is 17.6 Å². The van der Waals surface area contributed by atoms with Crippen molar-refractivity contribution in [3.63, 3.8) is 0 Å². The van der Waals surface area contributed by atoms with Gasteiger partial charge in [-0.05, 0) is 26.0 Å². The summed E-state index contributed by atoms with van der Waals surface area (Å²) in [7, 11) is 5.58. The molecule has 7 nitrogen and oxygen atoms in total. The number of hydrogen-bond acceptors (Lipinski definition) is 4. The summed E-state index contributed by atoms with van der Waals surface area (Å²) in [6.07, 6.45) is 3.82. The molecule has 2 rings (SSSR count). The Morgan fingerprint density at radius 1 is 1.38 bits per heavy atom. The third-order valence-electron chi connectivity index (χ3n) is 3.75. The summed E-state index contributed by atoms with van der Waals surface area (Å²) < 4.78 is 13.0. The zero-order valence-corrected chi connectivity index (χ0v) is 16.3. The highest BCUT2D eigenvalue weighted by Gasteiger charge is 2.10. The summed E-state index contributed by atoms with van der Waals surface area (Å²) in [5.74, 6) is 2.40. The Labute approximate surface area is 155 Å². The lowest BCUT2D eigenvalue weighted by Crippen LogP contribution is -2.39. The number of aryl methyl sites for hydroxylation is 1. The number of ether oxygens (including phenoxy) is 2. The third-order valence-corrected chi connectivity index (χ3v) is 3.75. The second-order valence-electron chi connectivity index (χ2n) is 6.18. The number of rotatable bonds is 8. The summed E-state index contributed by atoms with van der Waals surface area (Å²) in [5.41, 5.74) is 1.14. The molecule has 1 aromatic carbocycles. The van der Waals surface area contributed by atoms with Crippen LogP contribution in [0, 0.1) is 0 Å². The van der Waals surface area contributed by atoms with Gasteiger partial charge < -0.3 is 19.7 Å². The molecule has 0 aliphatic rings. The van der Waals surface area contributed by atoms with Crippen molar-refractivity contribution >= 4 is 5.96 Å². The van der Waals surface area contributed by atoms with Gasteiger partial charge in [-0.1, -0.05) is 6.07 Å². The van der Waals surface area contributed by atoms with E-state index in [2.05, 4.69) is 22.2 Å². The normalized spacial score (nSPS) is 12.6. The number of hydrogen-bond donors (Lipinski definition) is 1. The van der Waals surface area contributed by atoms with Crippen molar-refractivity contribution in [3.8, 4) is 11.5 Å². The molecule has 1 N–H and O–H groups in total. The lowest BCUT2D eigenvalue weighted by Gasteiger charge is -2.22. The lowest BCUT2D eigenvalue weighted by molar-refractivity contribution is 0.228.